The molecule has 0 radical (unpaired) electrons. The Morgan fingerprint density at radius 3 is 2.70 bits per heavy atom. The van der Waals surface area contributed by atoms with Gasteiger partial charge in [-0.2, -0.15) is 0 Å². The van der Waals surface area contributed by atoms with E-state index in [0.29, 0.717) is 12.5 Å². The van der Waals surface area contributed by atoms with Gasteiger partial charge in [-0.3, -0.25) is 4.79 Å². The molecule has 1 saturated carbocycles. The summed E-state index contributed by atoms with van der Waals surface area (Å²) in [5, 5.41) is 0. The molecule has 1 aromatic rings. The first-order valence-electron chi connectivity index (χ1n) is 11.5. The topological polar surface area (TPSA) is 48.7 Å². The van der Waals surface area contributed by atoms with Gasteiger partial charge in [0.15, 0.2) is 5.78 Å². The number of carbonyl (C=O) groups excluding carboxylic acids is 1. The average Bonchev–Trinajstić information content (AvgIpc) is 3.45. The van der Waals surface area contributed by atoms with E-state index in [-0.39, 0.29) is 46.8 Å². The molecule has 0 aromatic carbocycles. The van der Waals surface area contributed by atoms with Crippen LogP contribution in [0.5, 0.6) is 0 Å². The standard InChI is InChI=1S/C26H32O4/c1-6-18-25(4)19(27)7-9-24(3)13-29-21(22(24)25)23-26(18,5)20-14(2)16(11-17(20)30-23)15-8-10-28-12-15/h7-10,12,16-18,21-23H,6,11,13H2,1-5H3/t16-,17-,18-,21-,22+,23-,24+,25+,26-/m1/s1. The normalized spacial score (nSPS) is 51.3. The molecule has 5 aliphatic rings. The van der Waals surface area contributed by atoms with Crippen LogP contribution in [0, 0.1) is 28.1 Å². The van der Waals surface area contributed by atoms with E-state index in [1.807, 2.05) is 12.3 Å². The van der Waals surface area contributed by atoms with Crippen molar-refractivity contribution in [1.82, 2.24) is 0 Å². The van der Waals surface area contributed by atoms with Gasteiger partial charge >= 0.3 is 0 Å². The molecule has 2 saturated heterocycles. The minimum absolute atomic E-state index is 0.0156. The number of ether oxygens (including phenoxy) is 2. The molecule has 30 heavy (non-hydrogen) atoms. The first-order chi connectivity index (χ1) is 14.3. The molecule has 3 heterocycles. The molecule has 160 valence electrons. The largest absolute Gasteiger partial charge is 0.472 e. The third-order valence-corrected chi connectivity index (χ3v) is 9.72. The zero-order chi connectivity index (χ0) is 21.1. The highest BCUT2D eigenvalue weighted by atomic mass is 16.6. The van der Waals surface area contributed by atoms with Crippen molar-refractivity contribution in [2.45, 2.75) is 71.7 Å². The zero-order valence-electron chi connectivity index (χ0n) is 18.6. The summed E-state index contributed by atoms with van der Waals surface area (Å²) in [7, 11) is 0. The van der Waals surface area contributed by atoms with Gasteiger partial charge in [0.25, 0.3) is 0 Å². The van der Waals surface area contributed by atoms with Crippen molar-refractivity contribution < 1.29 is 18.7 Å². The second-order valence-corrected chi connectivity index (χ2v) is 11.0. The van der Waals surface area contributed by atoms with E-state index in [1.165, 1.54) is 16.7 Å². The fourth-order valence-electron chi connectivity index (χ4n) is 8.72. The van der Waals surface area contributed by atoms with Gasteiger partial charge in [0.05, 0.1) is 37.4 Å². The fraction of sp³-hybridized carbons (Fsp3) is 0.654. The first kappa shape index (κ1) is 19.1. The van der Waals surface area contributed by atoms with E-state index >= 15 is 0 Å². The molecular formula is C26H32O4. The van der Waals surface area contributed by atoms with Crippen LogP contribution in [0.2, 0.25) is 0 Å². The third kappa shape index (κ3) is 1.94. The number of hydrogen-bond donors (Lipinski definition) is 0. The summed E-state index contributed by atoms with van der Waals surface area (Å²) >= 11 is 0. The van der Waals surface area contributed by atoms with E-state index in [0.717, 1.165) is 12.8 Å². The zero-order valence-corrected chi connectivity index (χ0v) is 18.6. The molecule has 3 fully saturated rings. The van der Waals surface area contributed by atoms with Gasteiger partial charge in [-0.1, -0.05) is 45.8 Å². The summed E-state index contributed by atoms with van der Waals surface area (Å²) < 4.78 is 18.8. The fourth-order valence-corrected chi connectivity index (χ4v) is 8.72. The van der Waals surface area contributed by atoms with Crippen LogP contribution in [-0.4, -0.2) is 30.7 Å². The maximum Gasteiger partial charge on any atom is 0.161 e. The molecular weight excluding hydrogens is 376 g/mol. The summed E-state index contributed by atoms with van der Waals surface area (Å²) in [5.41, 5.74) is 3.36. The number of furan rings is 1. The van der Waals surface area contributed by atoms with E-state index < -0.39 is 5.41 Å². The molecule has 0 unspecified atom stereocenters. The van der Waals surface area contributed by atoms with Crippen LogP contribution in [0.3, 0.4) is 0 Å². The van der Waals surface area contributed by atoms with Crippen LogP contribution in [0.1, 0.15) is 58.9 Å². The second-order valence-electron chi connectivity index (χ2n) is 11.0. The van der Waals surface area contributed by atoms with Gasteiger partial charge in [0.2, 0.25) is 0 Å². The predicted octanol–water partition coefficient (Wildman–Crippen LogP) is 5.06. The Bertz CT molecular complexity index is 973. The highest BCUT2D eigenvalue weighted by Crippen LogP contribution is 2.71. The van der Waals surface area contributed by atoms with Crippen LogP contribution < -0.4 is 0 Å². The quantitative estimate of drug-likeness (QED) is 0.642. The Morgan fingerprint density at radius 1 is 1.20 bits per heavy atom. The van der Waals surface area contributed by atoms with E-state index in [9.17, 15) is 4.79 Å². The second kappa shape index (κ2) is 5.77. The molecule has 9 atom stereocenters. The maximum atomic E-state index is 13.5. The van der Waals surface area contributed by atoms with Gasteiger partial charge in [0, 0.05) is 28.1 Å². The Balaban J connectivity index is 1.55. The Labute approximate surface area is 178 Å². The predicted molar refractivity (Wildman–Crippen MR) is 113 cm³/mol. The third-order valence-electron chi connectivity index (χ3n) is 9.72. The van der Waals surface area contributed by atoms with Crippen LogP contribution >= 0.6 is 0 Å². The minimum Gasteiger partial charge on any atom is -0.472 e. The number of hydrogen-bond acceptors (Lipinski definition) is 4. The van der Waals surface area contributed by atoms with Crippen molar-refractivity contribution in [2.75, 3.05) is 6.61 Å². The van der Waals surface area contributed by atoms with Crippen molar-refractivity contribution in [3.05, 3.63) is 47.5 Å². The number of ketones is 1. The Hall–Kier alpha value is -1.65. The van der Waals surface area contributed by atoms with Gasteiger partial charge in [-0.25, -0.2) is 0 Å². The number of rotatable bonds is 2. The van der Waals surface area contributed by atoms with Crippen LogP contribution in [0.4, 0.5) is 0 Å². The smallest absolute Gasteiger partial charge is 0.161 e. The van der Waals surface area contributed by atoms with Crippen molar-refractivity contribution >= 4 is 5.78 Å². The lowest BCUT2D eigenvalue weighted by Crippen LogP contribution is -2.65. The average molecular weight is 409 g/mol. The van der Waals surface area contributed by atoms with Crippen LogP contribution in [0.25, 0.3) is 0 Å². The number of allylic oxidation sites excluding steroid dienone is 2. The van der Waals surface area contributed by atoms with Crippen LogP contribution in [0.15, 0.2) is 46.3 Å². The highest BCUT2D eigenvalue weighted by Gasteiger charge is 2.74. The van der Waals surface area contributed by atoms with Gasteiger partial charge in [-0.15, -0.1) is 0 Å². The maximum absolute atomic E-state index is 13.5. The minimum atomic E-state index is -0.427. The molecule has 0 spiro atoms. The summed E-state index contributed by atoms with van der Waals surface area (Å²) in [5.74, 6) is 1.02. The van der Waals surface area contributed by atoms with Crippen molar-refractivity contribution in [1.29, 1.82) is 0 Å². The van der Waals surface area contributed by atoms with Gasteiger partial charge in [0.1, 0.15) is 0 Å². The number of fused-ring (bicyclic) bond motifs is 4. The lowest BCUT2D eigenvalue weighted by Gasteiger charge is -2.60. The summed E-state index contributed by atoms with van der Waals surface area (Å²) in [6.07, 6.45) is 9.61. The van der Waals surface area contributed by atoms with Crippen molar-refractivity contribution in [3.8, 4) is 0 Å². The van der Waals surface area contributed by atoms with Crippen molar-refractivity contribution in [3.63, 3.8) is 0 Å². The lowest BCUT2D eigenvalue weighted by molar-refractivity contribution is -0.184. The van der Waals surface area contributed by atoms with E-state index in [2.05, 4.69) is 46.8 Å². The first-order valence-corrected chi connectivity index (χ1v) is 11.5. The number of carbonyl (C=O) groups is 1. The molecule has 4 heteroatoms. The molecule has 6 rings (SSSR count). The summed E-state index contributed by atoms with van der Waals surface area (Å²) in [4.78, 5) is 13.5. The summed E-state index contributed by atoms with van der Waals surface area (Å²) in [6, 6.07) is 2.08. The molecule has 0 amide bonds. The molecule has 3 aliphatic carbocycles. The lowest BCUT2D eigenvalue weighted by atomic mass is 9.42. The SMILES string of the molecule is CC[C@H]1[C@]2(C)C3=C(C)[C@H](c4ccoc4)C[C@H]3O[C@@H]2[C@@H]2OC[C@]3(C)C=CC(=O)[C@@]1(C)[C@@H]23. The Morgan fingerprint density at radius 2 is 2.00 bits per heavy atom. The van der Waals surface area contributed by atoms with E-state index in [4.69, 9.17) is 13.9 Å². The van der Waals surface area contributed by atoms with Crippen LogP contribution in [-0.2, 0) is 14.3 Å². The van der Waals surface area contributed by atoms with Gasteiger partial charge < -0.3 is 13.9 Å². The van der Waals surface area contributed by atoms with Gasteiger partial charge in [-0.05, 0) is 42.5 Å². The van der Waals surface area contributed by atoms with Crippen molar-refractivity contribution in [2.24, 2.45) is 28.1 Å². The van der Waals surface area contributed by atoms with E-state index in [1.54, 1.807) is 6.26 Å². The highest BCUT2D eigenvalue weighted by molar-refractivity contribution is 5.97. The molecule has 2 aliphatic heterocycles. The molecule has 4 nitrogen and oxygen atoms in total. The summed E-state index contributed by atoms with van der Waals surface area (Å²) in [6.45, 7) is 12.1. The molecule has 0 bridgehead atoms. The molecule has 0 N–H and O–H groups in total. The Kier molecular flexibility index (Phi) is 3.67. The molecule has 1 aromatic heterocycles. The monoisotopic (exact) mass is 408 g/mol.